The average Bonchev–Trinajstić information content (AvgIpc) is 2.56. The predicted molar refractivity (Wildman–Crippen MR) is 98.0 cm³/mol. The molecule has 0 unspecified atom stereocenters. The highest BCUT2D eigenvalue weighted by molar-refractivity contribution is 6.35. The van der Waals surface area contributed by atoms with Gasteiger partial charge in [-0.25, -0.2) is 9.59 Å². The van der Waals surface area contributed by atoms with Crippen molar-refractivity contribution in [2.45, 2.75) is 0 Å². The van der Waals surface area contributed by atoms with Crippen LogP contribution >= 0.6 is 23.2 Å². The van der Waals surface area contributed by atoms with E-state index in [1.165, 1.54) is 12.1 Å². The highest BCUT2D eigenvalue weighted by Gasteiger charge is 2.04. The van der Waals surface area contributed by atoms with Gasteiger partial charge in [0, 0.05) is 5.02 Å². The molecule has 0 fully saturated rings. The first-order chi connectivity index (χ1) is 11.8. The molecular formula is C17H19Cl2NO5. The summed E-state index contributed by atoms with van der Waals surface area (Å²) in [6.45, 7) is -0.415. The summed E-state index contributed by atoms with van der Waals surface area (Å²) in [5.41, 5.74) is 0.331. The Bertz CT molecular complexity index is 665. The molecule has 0 saturated heterocycles. The number of nitrogens with one attached hydrogen (secondary N) is 1. The predicted octanol–water partition coefficient (Wildman–Crippen LogP) is 3.68. The van der Waals surface area contributed by atoms with Crippen LogP contribution in [0.2, 0.25) is 10.0 Å². The standard InChI is InChI=1S/C8H6Cl2O3.C7H6O2.C2H7N/c9-5-1-2-7(6(10)3-5)13-4-8(11)12;8-7(9)6-4-2-1-3-5-6;1-3-2/h1-3H,4H2,(H,11,12);1-5H,(H,8,9);3H,1-2H3. The molecule has 8 heteroatoms. The lowest BCUT2D eigenvalue weighted by Crippen LogP contribution is -2.09. The van der Waals surface area contributed by atoms with Crippen LogP contribution in [0, 0.1) is 0 Å². The molecule has 0 bridgehead atoms. The van der Waals surface area contributed by atoms with Crippen LogP contribution < -0.4 is 10.1 Å². The molecule has 136 valence electrons. The van der Waals surface area contributed by atoms with Crippen molar-refractivity contribution < 1.29 is 24.5 Å². The quantitative estimate of drug-likeness (QED) is 0.740. The van der Waals surface area contributed by atoms with Gasteiger partial charge in [-0.2, -0.15) is 0 Å². The van der Waals surface area contributed by atoms with Crippen LogP contribution in [-0.4, -0.2) is 42.9 Å². The molecule has 0 heterocycles. The molecule has 0 spiro atoms. The third-order valence-electron chi connectivity index (χ3n) is 2.27. The second-order valence-corrected chi connectivity index (χ2v) is 5.27. The van der Waals surface area contributed by atoms with Crippen LogP contribution in [0.15, 0.2) is 48.5 Å². The highest BCUT2D eigenvalue weighted by Crippen LogP contribution is 2.27. The summed E-state index contributed by atoms with van der Waals surface area (Å²) >= 11 is 11.3. The number of carboxylic acids is 2. The maximum absolute atomic E-state index is 10.2. The monoisotopic (exact) mass is 387 g/mol. The number of carbonyl (C=O) groups is 2. The number of aromatic carboxylic acids is 1. The molecule has 2 aromatic rings. The van der Waals surface area contributed by atoms with E-state index < -0.39 is 18.5 Å². The zero-order valence-electron chi connectivity index (χ0n) is 13.7. The Balaban J connectivity index is 0.000000417. The number of rotatable bonds is 4. The van der Waals surface area contributed by atoms with E-state index in [4.69, 9.17) is 38.2 Å². The molecule has 25 heavy (non-hydrogen) atoms. The van der Waals surface area contributed by atoms with E-state index in [2.05, 4.69) is 5.32 Å². The van der Waals surface area contributed by atoms with Crippen LogP contribution in [-0.2, 0) is 4.79 Å². The fourth-order valence-electron chi connectivity index (χ4n) is 1.31. The second kappa shape index (κ2) is 13.1. The summed E-state index contributed by atoms with van der Waals surface area (Å²) < 4.78 is 4.86. The maximum Gasteiger partial charge on any atom is 0.341 e. The van der Waals surface area contributed by atoms with E-state index in [9.17, 15) is 9.59 Å². The first-order valence-electron chi connectivity index (χ1n) is 6.98. The van der Waals surface area contributed by atoms with Crippen molar-refractivity contribution in [3.8, 4) is 5.75 Å². The average molecular weight is 388 g/mol. The van der Waals surface area contributed by atoms with Gasteiger partial charge in [-0.3, -0.25) is 0 Å². The van der Waals surface area contributed by atoms with E-state index in [0.29, 0.717) is 21.4 Å². The van der Waals surface area contributed by atoms with Gasteiger partial charge in [-0.05, 0) is 44.4 Å². The summed E-state index contributed by atoms with van der Waals surface area (Å²) in [4.78, 5) is 20.4. The summed E-state index contributed by atoms with van der Waals surface area (Å²) in [5.74, 6) is -1.62. The van der Waals surface area contributed by atoms with Gasteiger partial charge in [-0.1, -0.05) is 41.4 Å². The summed E-state index contributed by atoms with van der Waals surface area (Å²) in [6.07, 6.45) is 0. The number of carboxylic acid groups (broad SMARTS) is 2. The van der Waals surface area contributed by atoms with Crippen LogP contribution in [0.3, 0.4) is 0 Å². The third-order valence-corrected chi connectivity index (χ3v) is 2.80. The van der Waals surface area contributed by atoms with Crippen molar-refractivity contribution in [1.82, 2.24) is 5.32 Å². The first-order valence-corrected chi connectivity index (χ1v) is 7.73. The molecule has 0 aliphatic rings. The van der Waals surface area contributed by atoms with E-state index >= 15 is 0 Å². The molecule has 0 radical (unpaired) electrons. The van der Waals surface area contributed by atoms with Crippen LogP contribution in [0.5, 0.6) is 5.75 Å². The van der Waals surface area contributed by atoms with Gasteiger partial charge in [0.15, 0.2) is 6.61 Å². The topological polar surface area (TPSA) is 95.9 Å². The van der Waals surface area contributed by atoms with Crippen molar-refractivity contribution in [2.24, 2.45) is 0 Å². The fourth-order valence-corrected chi connectivity index (χ4v) is 1.78. The SMILES string of the molecule is CNC.O=C(O)COc1ccc(Cl)cc1Cl.O=C(O)c1ccccc1. The lowest BCUT2D eigenvalue weighted by atomic mass is 10.2. The van der Waals surface area contributed by atoms with Crippen molar-refractivity contribution >= 4 is 35.1 Å². The lowest BCUT2D eigenvalue weighted by Gasteiger charge is -2.04. The maximum atomic E-state index is 10.2. The lowest BCUT2D eigenvalue weighted by molar-refractivity contribution is -0.139. The molecule has 6 nitrogen and oxygen atoms in total. The normalized spacial score (nSPS) is 8.96. The molecule has 0 saturated carbocycles. The molecule has 2 aromatic carbocycles. The molecule has 0 aliphatic heterocycles. The van der Waals surface area contributed by atoms with E-state index in [-0.39, 0.29) is 0 Å². The Morgan fingerprint density at radius 1 is 1.04 bits per heavy atom. The molecule has 3 N–H and O–H groups in total. The van der Waals surface area contributed by atoms with E-state index in [0.717, 1.165) is 0 Å². The Kier molecular flexibility index (Phi) is 11.9. The van der Waals surface area contributed by atoms with Crippen LogP contribution in [0.1, 0.15) is 10.4 Å². The molecule has 2 rings (SSSR count). The smallest absolute Gasteiger partial charge is 0.341 e. The van der Waals surface area contributed by atoms with Gasteiger partial charge in [0.1, 0.15) is 5.75 Å². The summed E-state index contributed by atoms with van der Waals surface area (Å²) in [7, 11) is 3.75. The molecule has 0 atom stereocenters. The minimum absolute atomic E-state index is 0.300. The number of hydrogen-bond donors (Lipinski definition) is 3. The number of benzene rings is 2. The minimum Gasteiger partial charge on any atom is -0.480 e. The summed E-state index contributed by atoms with van der Waals surface area (Å²) in [6, 6.07) is 12.9. The Labute approximate surface area is 156 Å². The van der Waals surface area contributed by atoms with Gasteiger partial charge in [0.05, 0.1) is 10.6 Å². The van der Waals surface area contributed by atoms with Gasteiger partial charge < -0.3 is 20.3 Å². The zero-order valence-corrected chi connectivity index (χ0v) is 15.2. The molecule has 0 aliphatic carbocycles. The van der Waals surface area contributed by atoms with E-state index in [1.807, 2.05) is 14.1 Å². The van der Waals surface area contributed by atoms with Crippen LogP contribution in [0.25, 0.3) is 0 Å². The zero-order chi connectivity index (χ0) is 19.2. The number of halogens is 2. The van der Waals surface area contributed by atoms with Crippen LogP contribution in [0.4, 0.5) is 0 Å². The van der Waals surface area contributed by atoms with Crippen molar-refractivity contribution in [1.29, 1.82) is 0 Å². The Hall–Kier alpha value is -2.28. The molecular weight excluding hydrogens is 369 g/mol. The molecule has 0 aromatic heterocycles. The highest BCUT2D eigenvalue weighted by atomic mass is 35.5. The number of hydrogen-bond acceptors (Lipinski definition) is 4. The first kappa shape index (κ1) is 22.7. The number of aliphatic carboxylic acids is 1. The second-order valence-electron chi connectivity index (χ2n) is 4.43. The fraction of sp³-hybridized carbons (Fsp3) is 0.176. The van der Waals surface area contributed by atoms with Crippen molar-refractivity contribution in [2.75, 3.05) is 20.7 Å². The van der Waals surface area contributed by atoms with Crippen molar-refractivity contribution in [3.05, 3.63) is 64.1 Å². The minimum atomic E-state index is -1.05. The van der Waals surface area contributed by atoms with Gasteiger partial charge in [0.2, 0.25) is 0 Å². The number of ether oxygens (including phenoxy) is 1. The Morgan fingerprint density at radius 3 is 2.00 bits per heavy atom. The molecule has 0 amide bonds. The van der Waals surface area contributed by atoms with E-state index in [1.54, 1.807) is 36.4 Å². The largest absolute Gasteiger partial charge is 0.480 e. The van der Waals surface area contributed by atoms with Gasteiger partial charge >= 0.3 is 11.9 Å². The summed E-state index contributed by atoms with van der Waals surface area (Å²) in [5, 5.41) is 20.2. The van der Waals surface area contributed by atoms with Gasteiger partial charge in [0.25, 0.3) is 0 Å². The Morgan fingerprint density at radius 2 is 1.60 bits per heavy atom. The van der Waals surface area contributed by atoms with Gasteiger partial charge in [-0.15, -0.1) is 0 Å². The van der Waals surface area contributed by atoms with Crippen molar-refractivity contribution in [3.63, 3.8) is 0 Å². The third kappa shape index (κ3) is 11.0.